The number of hydrogen-bond donors (Lipinski definition) is 2. The van der Waals surface area contributed by atoms with Crippen LogP contribution in [0.25, 0.3) is 0 Å². The first-order valence-corrected chi connectivity index (χ1v) is 6.82. The highest BCUT2D eigenvalue weighted by atomic mass is 16.5. The van der Waals surface area contributed by atoms with Gasteiger partial charge in [0.05, 0.1) is 7.11 Å². The van der Waals surface area contributed by atoms with Crippen molar-refractivity contribution < 1.29 is 9.84 Å². The van der Waals surface area contributed by atoms with Gasteiger partial charge in [-0.05, 0) is 37.1 Å². The molecule has 1 unspecified atom stereocenters. The van der Waals surface area contributed by atoms with Crippen molar-refractivity contribution >= 4 is 0 Å². The van der Waals surface area contributed by atoms with E-state index in [0.29, 0.717) is 11.8 Å². The summed E-state index contributed by atoms with van der Waals surface area (Å²) in [6.45, 7) is 2.94. The number of rotatable bonds is 6. The molecule has 3 heteroatoms. The quantitative estimate of drug-likeness (QED) is 0.848. The Bertz CT molecular complexity index is 537. The molecule has 2 aromatic rings. The first-order valence-electron chi connectivity index (χ1n) is 6.82. The van der Waals surface area contributed by atoms with Gasteiger partial charge < -0.3 is 15.2 Å². The lowest BCUT2D eigenvalue weighted by Gasteiger charge is -2.15. The molecule has 106 valence electrons. The van der Waals surface area contributed by atoms with Crippen LogP contribution >= 0.6 is 0 Å². The van der Waals surface area contributed by atoms with E-state index in [9.17, 15) is 5.11 Å². The summed E-state index contributed by atoms with van der Waals surface area (Å²) < 4.78 is 5.34. The van der Waals surface area contributed by atoms with Crippen molar-refractivity contribution in [3.8, 4) is 11.5 Å². The summed E-state index contributed by atoms with van der Waals surface area (Å²) in [5.74, 6) is 1.22. The molecule has 2 N–H and O–H groups in total. The normalized spacial score (nSPS) is 12.1. The minimum Gasteiger partial charge on any atom is -0.508 e. The predicted molar refractivity (Wildman–Crippen MR) is 81.1 cm³/mol. The summed E-state index contributed by atoms with van der Waals surface area (Å²) in [6, 6.07) is 15.7. The van der Waals surface area contributed by atoms with Gasteiger partial charge in [-0.3, -0.25) is 0 Å². The molecule has 20 heavy (non-hydrogen) atoms. The molecule has 0 bridgehead atoms. The number of para-hydroxylation sites is 1. The largest absolute Gasteiger partial charge is 0.508 e. The van der Waals surface area contributed by atoms with Crippen molar-refractivity contribution in [2.24, 2.45) is 0 Å². The Balaban J connectivity index is 1.88. The zero-order valence-electron chi connectivity index (χ0n) is 12.0. The van der Waals surface area contributed by atoms with Crippen molar-refractivity contribution in [3.63, 3.8) is 0 Å². The fourth-order valence-electron chi connectivity index (χ4n) is 2.19. The molecule has 0 radical (unpaired) electrons. The summed E-state index contributed by atoms with van der Waals surface area (Å²) in [7, 11) is 1.69. The minimum absolute atomic E-state index is 0.309. The molecule has 0 saturated carbocycles. The first kappa shape index (κ1) is 14.4. The predicted octanol–water partition coefficient (Wildman–Crippen LogP) is 3.12. The monoisotopic (exact) mass is 271 g/mol. The molecular formula is C17H21NO2. The third-order valence-electron chi connectivity index (χ3n) is 3.31. The second-order valence-corrected chi connectivity index (χ2v) is 4.96. The number of phenolic OH excluding ortho intramolecular Hbond substituents is 1. The van der Waals surface area contributed by atoms with Gasteiger partial charge >= 0.3 is 0 Å². The fraction of sp³-hybridized carbons (Fsp3) is 0.294. The Labute approximate surface area is 120 Å². The summed E-state index contributed by atoms with van der Waals surface area (Å²) in [5.41, 5.74) is 2.37. The summed E-state index contributed by atoms with van der Waals surface area (Å²) in [4.78, 5) is 0. The van der Waals surface area contributed by atoms with Gasteiger partial charge in [0.1, 0.15) is 11.5 Å². The third kappa shape index (κ3) is 4.00. The van der Waals surface area contributed by atoms with E-state index in [0.717, 1.165) is 24.3 Å². The molecule has 0 amide bonds. The summed E-state index contributed by atoms with van der Waals surface area (Å²) in [5, 5.41) is 12.8. The molecule has 0 fully saturated rings. The van der Waals surface area contributed by atoms with E-state index in [1.54, 1.807) is 19.2 Å². The Kier molecular flexibility index (Phi) is 5.02. The SMILES string of the molecule is COc1ccccc1CNC(C)Cc1ccc(O)cc1. The van der Waals surface area contributed by atoms with Crippen LogP contribution in [0.3, 0.4) is 0 Å². The Morgan fingerprint density at radius 3 is 2.50 bits per heavy atom. The molecular weight excluding hydrogens is 250 g/mol. The summed E-state index contributed by atoms with van der Waals surface area (Å²) >= 11 is 0. The van der Waals surface area contributed by atoms with Gasteiger partial charge in [-0.15, -0.1) is 0 Å². The van der Waals surface area contributed by atoms with Crippen LogP contribution in [0.15, 0.2) is 48.5 Å². The fourth-order valence-corrected chi connectivity index (χ4v) is 2.19. The van der Waals surface area contributed by atoms with E-state index in [-0.39, 0.29) is 0 Å². The van der Waals surface area contributed by atoms with Crippen molar-refractivity contribution in [2.45, 2.75) is 25.9 Å². The van der Waals surface area contributed by atoms with Crippen molar-refractivity contribution in [3.05, 3.63) is 59.7 Å². The number of ether oxygens (including phenoxy) is 1. The maximum atomic E-state index is 9.27. The van der Waals surface area contributed by atoms with Gasteiger partial charge in [0.15, 0.2) is 0 Å². The lowest BCUT2D eigenvalue weighted by molar-refractivity contribution is 0.405. The average Bonchev–Trinajstić information content (AvgIpc) is 2.48. The van der Waals surface area contributed by atoms with Crippen LogP contribution in [0.4, 0.5) is 0 Å². The van der Waals surface area contributed by atoms with Crippen molar-refractivity contribution in [2.75, 3.05) is 7.11 Å². The standard InChI is InChI=1S/C17H21NO2/c1-13(11-14-7-9-16(19)10-8-14)18-12-15-5-3-4-6-17(15)20-2/h3-10,13,18-19H,11-12H2,1-2H3. The van der Waals surface area contributed by atoms with Crippen LogP contribution in [-0.2, 0) is 13.0 Å². The minimum atomic E-state index is 0.309. The highest BCUT2D eigenvalue weighted by Gasteiger charge is 2.06. The number of methoxy groups -OCH3 is 1. The second kappa shape index (κ2) is 6.96. The van der Waals surface area contributed by atoms with E-state index < -0.39 is 0 Å². The molecule has 2 aromatic carbocycles. The Hall–Kier alpha value is -2.00. The Morgan fingerprint density at radius 2 is 1.80 bits per heavy atom. The van der Waals surface area contributed by atoms with E-state index in [1.165, 1.54) is 5.56 Å². The second-order valence-electron chi connectivity index (χ2n) is 4.96. The lowest BCUT2D eigenvalue weighted by atomic mass is 10.1. The number of aromatic hydroxyl groups is 1. The van der Waals surface area contributed by atoms with E-state index >= 15 is 0 Å². The third-order valence-corrected chi connectivity index (χ3v) is 3.31. The number of benzene rings is 2. The number of hydrogen-bond acceptors (Lipinski definition) is 3. The van der Waals surface area contributed by atoms with E-state index in [4.69, 9.17) is 4.74 Å². The van der Waals surface area contributed by atoms with Gasteiger partial charge in [-0.25, -0.2) is 0 Å². The van der Waals surface area contributed by atoms with Gasteiger partial charge in [0.2, 0.25) is 0 Å². The zero-order valence-corrected chi connectivity index (χ0v) is 12.0. The van der Waals surface area contributed by atoms with E-state index in [1.807, 2.05) is 30.3 Å². The molecule has 2 rings (SSSR count). The smallest absolute Gasteiger partial charge is 0.123 e. The molecule has 0 aliphatic carbocycles. The topological polar surface area (TPSA) is 41.5 Å². The maximum absolute atomic E-state index is 9.27. The van der Waals surface area contributed by atoms with Crippen LogP contribution in [-0.4, -0.2) is 18.3 Å². The van der Waals surface area contributed by atoms with Gasteiger partial charge in [-0.2, -0.15) is 0 Å². The number of phenols is 1. The highest BCUT2D eigenvalue weighted by molar-refractivity contribution is 5.33. The highest BCUT2D eigenvalue weighted by Crippen LogP contribution is 2.17. The van der Waals surface area contributed by atoms with E-state index in [2.05, 4.69) is 18.3 Å². The molecule has 3 nitrogen and oxygen atoms in total. The molecule has 0 spiro atoms. The van der Waals surface area contributed by atoms with Crippen LogP contribution in [0.1, 0.15) is 18.1 Å². The number of nitrogens with one attached hydrogen (secondary N) is 1. The molecule has 0 aliphatic rings. The van der Waals surface area contributed by atoms with Crippen LogP contribution in [0.5, 0.6) is 11.5 Å². The van der Waals surface area contributed by atoms with Gasteiger partial charge in [0.25, 0.3) is 0 Å². The summed E-state index contributed by atoms with van der Waals surface area (Å²) in [6.07, 6.45) is 0.926. The zero-order chi connectivity index (χ0) is 14.4. The first-order chi connectivity index (χ1) is 9.69. The van der Waals surface area contributed by atoms with Crippen LogP contribution < -0.4 is 10.1 Å². The molecule has 1 atom stereocenters. The van der Waals surface area contributed by atoms with Gasteiger partial charge in [-0.1, -0.05) is 30.3 Å². The molecule has 0 saturated heterocycles. The van der Waals surface area contributed by atoms with Crippen molar-refractivity contribution in [1.29, 1.82) is 0 Å². The van der Waals surface area contributed by atoms with Crippen LogP contribution in [0, 0.1) is 0 Å². The van der Waals surface area contributed by atoms with Gasteiger partial charge in [0, 0.05) is 18.2 Å². The van der Waals surface area contributed by atoms with Crippen molar-refractivity contribution in [1.82, 2.24) is 5.32 Å². The Morgan fingerprint density at radius 1 is 1.10 bits per heavy atom. The lowest BCUT2D eigenvalue weighted by Crippen LogP contribution is -2.27. The van der Waals surface area contributed by atoms with Crippen LogP contribution in [0.2, 0.25) is 0 Å². The molecule has 0 aliphatic heterocycles. The maximum Gasteiger partial charge on any atom is 0.123 e. The molecule has 0 aromatic heterocycles. The molecule has 0 heterocycles. The average molecular weight is 271 g/mol.